The van der Waals surface area contributed by atoms with Crippen LogP contribution in [0.2, 0.25) is 0 Å². The summed E-state index contributed by atoms with van der Waals surface area (Å²) in [6.07, 6.45) is 0.717. The molecule has 4 heteroatoms. The zero-order valence-electron chi connectivity index (χ0n) is 8.49. The quantitative estimate of drug-likeness (QED) is 0.545. The fourth-order valence-corrected chi connectivity index (χ4v) is 1.87. The van der Waals surface area contributed by atoms with E-state index >= 15 is 0 Å². The maximum atomic E-state index is 11.5. The van der Waals surface area contributed by atoms with Crippen molar-refractivity contribution in [2.75, 3.05) is 7.11 Å². The van der Waals surface area contributed by atoms with Crippen LogP contribution in [0.15, 0.2) is 23.3 Å². The molecule has 0 aromatic heterocycles. The lowest BCUT2D eigenvalue weighted by molar-refractivity contribution is -0.117. The lowest BCUT2D eigenvalue weighted by Crippen LogP contribution is -2.22. The van der Waals surface area contributed by atoms with Crippen LogP contribution in [0, 0.1) is 0 Å². The molecule has 2 rings (SSSR count). The van der Waals surface area contributed by atoms with Gasteiger partial charge in [-0.25, -0.2) is 0 Å². The van der Waals surface area contributed by atoms with Crippen LogP contribution in [0.4, 0.5) is 0 Å². The molecule has 4 nitrogen and oxygen atoms in total. The molecule has 0 atom stereocenters. The summed E-state index contributed by atoms with van der Waals surface area (Å²) in [5, 5.41) is 3.65. The summed E-state index contributed by atoms with van der Waals surface area (Å²) in [7, 11) is 1.59. The van der Waals surface area contributed by atoms with Crippen molar-refractivity contribution in [3.8, 4) is 5.75 Å². The second-order valence-corrected chi connectivity index (χ2v) is 3.45. The summed E-state index contributed by atoms with van der Waals surface area (Å²) in [4.78, 5) is 11.5. The number of hydrazone groups is 1. The first-order chi connectivity index (χ1) is 7.26. The van der Waals surface area contributed by atoms with Gasteiger partial charge < -0.3 is 10.6 Å². The number of hydrogen-bond acceptors (Lipinski definition) is 4. The van der Waals surface area contributed by atoms with Crippen molar-refractivity contribution in [2.45, 2.75) is 12.8 Å². The molecule has 0 unspecified atom stereocenters. The Morgan fingerprint density at radius 1 is 1.40 bits per heavy atom. The highest BCUT2D eigenvalue weighted by molar-refractivity contribution is 6.15. The van der Waals surface area contributed by atoms with Crippen molar-refractivity contribution >= 4 is 11.5 Å². The zero-order valence-corrected chi connectivity index (χ0v) is 8.49. The maximum Gasteiger partial charge on any atom is 0.143 e. The Kier molecular flexibility index (Phi) is 2.41. The van der Waals surface area contributed by atoms with E-state index in [0.717, 1.165) is 16.9 Å². The molecule has 1 aromatic rings. The third kappa shape index (κ3) is 1.58. The number of ether oxygens (including phenoxy) is 1. The van der Waals surface area contributed by atoms with Gasteiger partial charge in [0.1, 0.15) is 11.5 Å². The minimum absolute atomic E-state index is 0.121. The van der Waals surface area contributed by atoms with Crippen molar-refractivity contribution in [1.29, 1.82) is 0 Å². The fourth-order valence-electron chi connectivity index (χ4n) is 1.87. The van der Waals surface area contributed by atoms with Crippen LogP contribution in [0.5, 0.6) is 5.75 Å². The highest BCUT2D eigenvalue weighted by atomic mass is 16.5. The molecule has 15 heavy (non-hydrogen) atoms. The summed E-state index contributed by atoms with van der Waals surface area (Å²) >= 11 is 0. The SMILES string of the molecule is COc1cccc2c1CC(=O)CC2=NN. The molecular weight excluding hydrogens is 192 g/mol. The number of rotatable bonds is 1. The number of methoxy groups -OCH3 is 1. The smallest absolute Gasteiger partial charge is 0.143 e. The monoisotopic (exact) mass is 204 g/mol. The van der Waals surface area contributed by atoms with Gasteiger partial charge in [-0.2, -0.15) is 5.10 Å². The zero-order chi connectivity index (χ0) is 10.8. The Labute approximate surface area is 87.7 Å². The molecule has 78 valence electrons. The standard InChI is InChI=1S/C11H12N2O2/c1-15-11-4-2-3-8-9(11)5-7(14)6-10(8)13-12/h2-4H,5-6,12H2,1H3. The van der Waals surface area contributed by atoms with Gasteiger partial charge in [0, 0.05) is 17.5 Å². The van der Waals surface area contributed by atoms with Gasteiger partial charge in [0.15, 0.2) is 0 Å². The molecular formula is C11H12N2O2. The first kappa shape index (κ1) is 9.71. The van der Waals surface area contributed by atoms with Crippen molar-refractivity contribution in [1.82, 2.24) is 0 Å². The fraction of sp³-hybridized carbons (Fsp3) is 0.273. The number of nitrogens with zero attached hydrogens (tertiary/aromatic N) is 1. The van der Waals surface area contributed by atoms with Crippen molar-refractivity contribution in [2.24, 2.45) is 10.9 Å². The summed E-state index contributed by atoms with van der Waals surface area (Å²) in [6, 6.07) is 5.63. The van der Waals surface area contributed by atoms with Crippen LogP contribution < -0.4 is 10.6 Å². The highest BCUT2D eigenvalue weighted by Crippen LogP contribution is 2.28. The predicted octanol–water partition coefficient (Wildman–Crippen LogP) is 0.873. The summed E-state index contributed by atoms with van der Waals surface area (Å²) < 4.78 is 5.21. The van der Waals surface area contributed by atoms with Gasteiger partial charge in [-0.05, 0) is 6.07 Å². The minimum Gasteiger partial charge on any atom is -0.496 e. The maximum absolute atomic E-state index is 11.5. The van der Waals surface area contributed by atoms with Gasteiger partial charge in [0.25, 0.3) is 0 Å². The van der Waals surface area contributed by atoms with E-state index in [0.29, 0.717) is 18.6 Å². The number of nitrogens with two attached hydrogens (primary N) is 1. The molecule has 0 aliphatic heterocycles. The van der Waals surface area contributed by atoms with Crippen LogP contribution in [0.25, 0.3) is 0 Å². The molecule has 0 fully saturated rings. The minimum atomic E-state index is 0.121. The normalized spacial score (nSPS) is 17.7. The Bertz CT molecular complexity index is 438. The van der Waals surface area contributed by atoms with E-state index in [1.165, 1.54) is 0 Å². The number of carbonyl (C=O) groups is 1. The van der Waals surface area contributed by atoms with E-state index < -0.39 is 0 Å². The molecule has 1 aromatic carbocycles. The molecule has 0 saturated carbocycles. The van der Waals surface area contributed by atoms with Crippen molar-refractivity contribution < 1.29 is 9.53 Å². The Morgan fingerprint density at radius 3 is 2.87 bits per heavy atom. The third-order valence-electron chi connectivity index (χ3n) is 2.56. The largest absolute Gasteiger partial charge is 0.496 e. The molecule has 1 aliphatic carbocycles. The van der Waals surface area contributed by atoms with Crippen LogP contribution in [-0.2, 0) is 11.2 Å². The first-order valence-electron chi connectivity index (χ1n) is 4.71. The average Bonchev–Trinajstić information content (AvgIpc) is 2.27. The van der Waals surface area contributed by atoms with Crippen LogP contribution >= 0.6 is 0 Å². The van der Waals surface area contributed by atoms with Gasteiger partial charge in [0.2, 0.25) is 0 Å². The lowest BCUT2D eigenvalue weighted by Gasteiger charge is -2.18. The molecule has 2 N–H and O–H groups in total. The second-order valence-electron chi connectivity index (χ2n) is 3.45. The second kappa shape index (κ2) is 3.73. The van der Waals surface area contributed by atoms with Gasteiger partial charge in [-0.1, -0.05) is 12.1 Å². The number of fused-ring (bicyclic) bond motifs is 1. The van der Waals surface area contributed by atoms with Crippen molar-refractivity contribution in [3.05, 3.63) is 29.3 Å². The summed E-state index contributed by atoms with van der Waals surface area (Å²) in [6.45, 7) is 0. The highest BCUT2D eigenvalue weighted by Gasteiger charge is 2.23. The van der Waals surface area contributed by atoms with Gasteiger partial charge in [-0.15, -0.1) is 0 Å². The molecule has 0 heterocycles. The van der Waals surface area contributed by atoms with Gasteiger partial charge in [0.05, 0.1) is 19.2 Å². The predicted molar refractivity (Wildman–Crippen MR) is 57.0 cm³/mol. The van der Waals surface area contributed by atoms with E-state index in [1.807, 2.05) is 18.2 Å². The van der Waals surface area contributed by atoms with Gasteiger partial charge in [-0.3, -0.25) is 4.79 Å². The summed E-state index contributed by atoms with van der Waals surface area (Å²) in [5.74, 6) is 6.11. The molecule has 0 bridgehead atoms. The molecule has 0 spiro atoms. The number of Topliss-reactive ketones (excluding diaryl/α,β-unsaturated/α-hetero) is 1. The van der Waals surface area contributed by atoms with Crippen LogP contribution in [0.3, 0.4) is 0 Å². The van der Waals surface area contributed by atoms with Gasteiger partial charge >= 0.3 is 0 Å². The lowest BCUT2D eigenvalue weighted by atomic mass is 9.88. The van der Waals surface area contributed by atoms with E-state index in [2.05, 4.69) is 5.10 Å². The number of ketones is 1. The Hall–Kier alpha value is -1.84. The molecule has 0 amide bonds. The number of carbonyl (C=O) groups excluding carboxylic acids is 1. The topological polar surface area (TPSA) is 64.7 Å². The Balaban J connectivity index is 2.60. The number of benzene rings is 1. The molecule has 0 saturated heterocycles. The molecule has 1 aliphatic rings. The Morgan fingerprint density at radius 2 is 2.20 bits per heavy atom. The molecule has 0 radical (unpaired) electrons. The van der Waals surface area contributed by atoms with Crippen molar-refractivity contribution in [3.63, 3.8) is 0 Å². The summed E-state index contributed by atoms with van der Waals surface area (Å²) in [5.41, 5.74) is 2.46. The first-order valence-corrected chi connectivity index (χ1v) is 4.71. The van der Waals surface area contributed by atoms with Crippen LogP contribution in [-0.4, -0.2) is 18.6 Å². The van der Waals surface area contributed by atoms with Crippen LogP contribution in [0.1, 0.15) is 17.5 Å². The third-order valence-corrected chi connectivity index (χ3v) is 2.56. The van der Waals surface area contributed by atoms with E-state index in [-0.39, 0.29) is 5.78 Å². The van der Waals surface area contributed by atoms with E-state index in [9.17, 15) is 4.79 Å². The van der Waals surface area contributed by atoms with E-state index in [4.69, 9.17) is 10.6 Å². The average molecular weight is 204 g/mol. The number of hydrogen-bond donors (Lipinski definition) is 1. The van der Waals surface area contributed by atoms with E-state index in [1.54, 1.807) is 7.11 Å².